The van der Waals surface area contributed by atoms with Crippen molar-refractivity contribution in [1.29, 1.82) is 0 Å². The molecule has 1 fully saturated rings. The van der Waals surface area contributed by atoms with Gasteiger partial charge in [-0.1, -0.05) is 6.07 Å². The SMILES string of the molecule is Cc1ccc(NC(=O)c2cnc(C(F)(F)F)nc2)cc1-c1ccnc(-c2ccnc(NC(=O)C3CC3)c2)c1. The van der Waals surface area contributed by atoms with E-state index in [4.69, 9.17) is 0 Å². The van der Waals surface area contributed by atoms with E-state index in [1.165, 1.54) is 0 Å². The van der Waals surface area contributed by atoms with Gasteiger partial charge in [-0.25, -0.2) is 15.0 Å². The van der Waals surface area contributed by atoms with Gasteiger partial charge >= 0.3 is 6.18 Å². The molecule has 2 amide bonds. The van der Waals surface area contributed by atoms with Crippen molar-refractivity contribution < 1.29 is 22.8 Å². The lowest BCUT2D eigenvalue weighted by molar-refractivity contribution is -0.145. The van der Waals surface area contributed by atoms with Crippen LogP contribution in [0.2, 0.25) is 0 Å². The van der Waals surface area contributed by atoms with Gasteiger partial charge in [0.1, 0.15) is 5.82 Å². The van der Waals surface area contributed by atoms with Gasteiger partial charge in [-0.05, 0) is 72.9 Å². The van der Waals surface area contributed by atoms with Crippen LogP contribution in [0.25, 0.3) is 22.4 Å². The fourth-order valence-electron chi connectivity index (χ4n) is 3.79. The molecule has 1 aliphatic carbocycles. The molecule has 5 rings (SSSR count). The van der Waals surface area contributed by atoms with Crippen LogP contribution in [0, 0.1) is 12.8 Å². The quantitative estimate of drug-likeness (QED) is 0.347. The molecule has 0 spiro atoms. The molecule has 0 saturated heterocycles. The van der Waals surface area contributed by atoms with E-state index in [0.717, 1.165) is 47.5 Å². The number of anilines is 2. The predicted molar refractivity (Wildman–Crippen MR) is 134 cm³/mol. The molecule has 1 aromatic carbocycles. The van der Waals surface area contributed by atoms with Crippen LogP contribution >= 0.6 is 0 Å². The first-order valence-electron chi connectivity index (χ1n) is 11.7. The minimum Gasteiger partial charge on any atom is -0.322 e. The molecule has 1 saturated carbocycles. The molecule has 0 aliphatic heterocycles. The molecular weight excluding hydrogens is 497 g/mol. The molecule has 0 bridgehead atoms. The van der Waals surface area contributed by atoms with Crippen LogP contribution < -0.4 is 10.6 Å². The van der Waals surface area contributed by atoms with Crippen LogP contribution in [0.4, 0.5) is 24.7 Å². The van der Waals surface area contributed by atoms with E-state index < -0.39 is 17.9 Å². The Morgan fingerprint density at radius 1 is 0.868 bits per heavy atom. The van der Waals surface area contributed by atoms with Gasteiger partial charge < -0.3 is 10.6 Å². The van der Waals surface area contributed by atoms with Crippen LogP contribution in [0.1, 0.15) is 34.6 Å². The van der Waals surface area contributed by atoms with Crippen molar-refractivity contribution in [2.24, 2.45) is 5.92 Å². The van der Waals surface area contributed by atoms with Crippen LogP contribution in [-0.2, 0) is 11.0 Å². The minimum atomic E-state index is -4.69. The number of alkyl halides is 3. The van der Waals surface area contributed by atoms with Gasteiger partial charge in [-0.15, -0.1) is 0 Å². The van der Waals surface area contributed by atoms with Crippen molar-refractivity contribution in [3.63, 3.8) is 0 Å². The number of aromatic nitrogens is 4. The lowest BCUT2D eigenvalue weighted by atomic mass is 9.99. The standard InChI is InChI=1S/C27H21F3N6O2/c1-15-2-5-20(35-25(38)19-13-33-26(34-14-19)27(28,29)30)12-21(15)17-6-8-31-22(10-17)18-7-9-32-23(11-18)36-24(37)16-3-4-16/h2,5-14,16H,3-4H2,1H3,(H,35,38)(H,32,36,37). The zero-order valence-electron chi connectivity index (χ0n) is 20.1. The molecule has 8 nitrogen and oxygen atoms in total. The van der Waals surface area contributed by atoms with Crippen molar-refractivity contribution in [3.8, 4) is 22.4 Å². The number of hydrogen-bond acceptors (Lipinski definition) is 6. The Bertz CT molecular complexity index is 1520. The summed E-state index contributed by atoms with van der Waals surface area (Å²) in [4.78, 5) is 39.8. The van der Waals surface area contributed by atoms with E-state index in [-0.39, 0.29) is 17.4 Å². The number of carbonyl (C=O) groups is 2. The average Bonchev–Trinajstić information content (AvgIpc) is 3.75. The fraction of sp³-hybridized carbons (Fsp3) is 0.185. The summed E-state index contributed by atoms with van der Waals surface area (Å²) in [7, 11) is 0. The Kier molecular flexibility index (Phi) is 6.58. The van der Waals surface area contributed by atoms with Gasteiger partial charge in [0.05, 0.1) is 11.3 Å². The largest absolute Gasteiger partial charge is 0.451 e. The van der Waals surface area contributed by atoms with Crippen molar-refractivity contribution in [3.05, 3.63) is 84.2 Å². The number of nitrogens with zero attached hydrogens (tertiary/aromatic N) is 4. The highest BCUT2D eigenvalue weighted by Crippen LogP contribution is 2.32. The third-order valence-corrected chi connectivity index (χ3v) is 5.99. The molecule has 0 atom stereocenters. The van der Waals surface area contributed by atoms with Gasteiger partial charge in [0.25, 0.3) is 5.91 Å². The highest BCUT2D eigenvalue weighted by Gasteiger charge is 2.34. The molecule has 2 N–H and O–H groups in total. The van der Waals surface area contributed by atoms with Gasteiger partial charge in [0.2, 0.25) is 11.7 Å². The van der Waals surface area contributed by atoms with E-state index >= 15 is 0 Å². The molecule has 1 aliphatic rings. The van der Waals surface area contributed by atoms with Gasteiger partial charge in [0.15, 0.2) is 0 Å². The highest BCUT2D eigenvalue weighted by molar-refractivity contribution is 6.04. The molecule has 11 heteroatoms. The topological polar surface area (TPSA) is 110 Å². The second-order valence-electron chi connectivity index (χ2n) is 8.90. The van der Waals surface area contributed by atoms with Crippen LogP contribution in [0.5, 0.6) is 0 Å². The smallest absolute Gasteiger partial charge is 0.322 e. The number of rotatable bonds is 6. The molecule has 0 radical (unpaired) electrons. The number of benzene rings is 1. The normalized spacial score (nSPS) is 13.2. The average molecular weight is 518 g/mol. The summed E-state index contributed by atoms with van der Waals surface area (Å²) in [6, 6.07) is 12.6. The Morgan fingerprint density at radius 3 is 2.29 bits per heavy atom. The van der Waals surface area contributed by atoms with Gasteiger partial charge in [-0.2, -0.15) is 13.2 Å². The van der Waals surface area contributed by atoms with E-state index in [1.807, 2.05) is 25.1 Å². The maximum Gasteiger partial charge on any atom is 0.451 e. The second kappa shape index (κ2) is 10.0. The van der Waals surface area contributed by atoms with Gasteiger partial charge in [0, 0.05) is 42.0 Å². The summed E-state index contributed by atoms with van der Waals surface area (Å²) >= 11 is 0. The van der Waals surface area contributed by atoms with Crippen molar-refractivity contribution >= 4 is 23.3 Å². The minimum absolute atomic E-state index is 0.0336. The molecule has 4 aromatic rings. The zero-order valence-corrected chi connectivity index (χ0v) is 20.1. The summed E-state index contributed by atoms with van der Waals surface area (Å²) < 4.78 is 38.1. The van der Waals surface area contributed by atoms with Crippen molar-refractivity contribution in [2.45, 2.75) is 25.9 Å². The van der Waals surface area contributed by atoms with E-state index in [9.17, 15) is 22.8 Å². The maximum atomic E-state index is 12.7. The number of halogens is 3. The van der Waals surface area contributed by atoms with Crippen LogP contribution in [0.15, 0.2) is 67.3 Å². The molecular formula is C27H21F3N6O2. The zero-order chi connectivity index (χ0) is 26.9. The second-order valence-corrected chi connectivity index (χ2v) is 8.90. The van der Waals surface area contributed by atoms with Crippen molar-refractivity contribution in [2.75, 3.05) is 10.6 Å². The van der Waals surface area contributed by atoms with Crippen LogP contribution in [0.3, 0.4) is 0 Å². The molecule has 38 heavy (non-hydrogen) atoms. The monoisotopic (exact) mass is 518 g/mol. The number of pyridine rings is 2. The summed E-state index contributed by atoms with van der Waals surface area (Å²) in [5.41, 5.74) is 4.38. The maximum absolute atomic E-state index is 12.7. The first-order valence-corrected chi connectivity index (χ1v) is 11.7. The lowest BCUT2D eigenvalue weighted by Gasteiger charge is -2.12. The summed E-state index contributed by atoms with van der Waals surface area (Å²) in [6.07, 6.45) is 2.05. The number of hydrogen-bond donors (Lipinski definition) is 2. The third-order valence-electron chi connectivity index (χ3n) is 5.99. The third kappa shape index (κ3) is 5.66. The first-order chi connectivity index (χ1) is 18.2. The Balaban J connectivity index is 1.36. The lowest BCUT2D eigenvalue weighted by Crippen LogP contribution is -2.16. The Labute approximate surface area is 215 Å². The Hall–Kier alpha value is -4.67. The predicted octanol–water partition coefficient (Wildman–Crippen LogP) is 5.53. The van der Waals surface area contributed by atoms with Gasteiger partial charge in [-0.3, -0.25) is 14.6 Å². The fourth-order valence-corrected chi connectivity index (χ4v) is 3.79. The van der Waals surface area contributed by atoms with E-state index in [1.54, 1.807) is 36.7 Å². The summed E-state index contributed by atoms with van der Waals surface area (Å²) in [6.45, 7) is 1.92. The molecule has 192 valence electrons. The highest BCUT2D eigenvalue weighted by atomic mass is 19.4. The van der Waals surface area contributed by atoms with E-state index in [0.29, 0.717) is 17.2 Å². The summed E-state index contributed by atoms with van der Waals surface area (Å²) in [5, 5.41) is 5.51. The number of aryl methyl sites for hydroxylation is 1. The van der Waals surface area contributed by atoms with Crippen molar-refractivity contribution in [1.82, 2.24) is 19.9 Å². The van der Waals surface area contributed by atoms with E-state index in [2.05, 4.69) is 30.6 Å². The molecule has 3 heterocycles. The summed E-state index contributed by atoms with van der Waals surface area (Å²) in [5.74, 6) is -1.47. The number of carbonyl (C=O) groups excluding carboxylic acids is 2. The first kappa shape index (κ1) is 25.0. The number of nitrogens with one attached hydrogen (secondary N) is 2. The number of amides is 2. The van der Waals surface area contributed by atoms with Crippen LogP contribution in [-0.4, -0.2) is 31.8 Å². The Morgan fingerprint density at radius 2 is 1.58 bits per heavy atom. The molecule has 3 aromatic heterocycles. The molecule has 0 unspecified atom stereocenters.